The number of anilines is 1. The Morgan fingerprint density at radius 1 is 0.906 bits per heavy atom. The van der Waals surface area contributed by atoms with E-state index in [4.69, 9.17) is 16.3 Å². The Bertz CT molecular complexity index is 1450. The van der Waals surface area contributed by atoms with Gasteiger partial charge in [0.2, 0.25) is 5.88 Å². The fourth-order valence-electron chi connectivity index (χ4n) is 3.66. The van der Waals surface area contributed by atoms with Crippen LogP contribution in [0.15, 0.2) is 65.5 Å². The number of ether oxygens (including phenoxy) is 1. The van der Waals surface area contributed by atoms with Crippen LogP contribution in [0.1, 0.15) is 20.7 Å². The number of phenolic OH excluding ortho intramolecular Hbond substituents is 1. The van der Waals surface area contributed by atoms with E-state index in [2.05, 4.69) is 5.10 Å². The van der Waals surface area contributed by atoms with Crippen molar-refractivity contribution in [2.75, 3.05) is 4.90 Å². The third kappa shape index (κ3) is 2.92. The summed E-state index contributed by atoms with van der Waals surface area (Å²) in [6.07, 6.45) is 0. The third-order valence-corrected chi connectivity index (χ3v) is 5.46. The summed E-state index contributed by atoms with van der Waals surface area (Å²) in [5.41, 5.74) is 0.345. The molecule has 2 amide bonds. The van der Waals surface area contributed by atoms with Gasteiger partial charge in [0.25, 0.3) is 17.4 Å². The van der Waals surface area contributed by atoms with Crippen LogP contribution >= 0.6 is 11.6 Å². The molecule has 1 N–H and O–H groups in total. The average molecular weight is 448 g/mol. The Labute approximate surface area is 185 Å². The van der Waals surface area contributed by atoms with Crippen LogP contribution in [-0.4, -0.2) is 26.7 Å². The predicted molar refractivity (Wildman–Crippen MR) is 118 cm³/mol. The number of amides is 2. The Balaban J connectivity index is 1.57. The highest BCUT2D eigenvalue weighted by Gasteiger charge is 2.37. The van der Waals surface area contributed by atoms with Crippen molar-refractivity contribution in [1.29, 1.82) is 0 Å². The molecule has 2 heterocycles. The van der Waals surface area contributed by atoms with Crippen molar-refractivity contribution < 1.29 is 19.4 Å². The number of benzene rings is 3. The van der Waals surface area contributed by atoms with E-state index in [1.165, 1.54) is 19.2 Å². The minimum absolute atomic E-state index is 0.0451. The van der Waals surface area contributed by atoms with E-state index in [0.29, 0.717) is 10.8 Å². The highest BCUT2D eigenvalue weighted by molar-refractivity contribution is 6.36. The van der Waals surface area contributed by atoms with E-state index in [1.54, 1.807) is 48.5 Å². The molecule has 158 valence electrons. The molecule has 0 spiro atoms. The zero-order valence-electron chi connectivity index (χ0n) is 16.6. The topological polar surface area (TPSA) is 102 Å². The molecular weight excluding hydrogens is 434 g/mol. The van der Waals surface area contributed by atoms with Crippen molar-refractivity contribution in [3.05, 3.63) is 87.2 Å². The van der Waals surface area contributed by atoms with Crippen LogP contribution in [0.3, 0.4) is 0 Å². The molecule has 32 heavy (non-hydrogen) atoms. The minimum atomic E-state index is -0.513. The van der Waals surface area contributed by atoms with Crippen LogP contribution in [0.5, 0.6) is 17.4 Å². The van der Waals surface area contributed by atoms with Crippen LogP contribution in [0.25, 0.3) is 10.8 Å². The molecule has 0 saturated heterocycles. The number of imide groups is 1. The molecule has 1 aromatic heterocycles. The van der Waals surface area contributed by atoms with Crippen molar-refractivity contribution in [2.45, 2.75) is 0 Å². The quantitative estimate of drug-likeness (QED) is 0.478. The molecule has 0 fully saturated rings. The number of hydrogen-bond acceptors (Lipinski definition) is 6. The second-order valence-corrected chi connectivity index (χ2v) is 7.56. The second kappa shape index (κ2) is 7.21. The van der Waals surface area contributed by atoms with E-state index >= 15 is 0 Å². The summed E-state index contributed by atoms with van der Waals surface area (Å²) >= 11 is 6.36. The van der Waals surface area contributed by atoms with Gasteiger partial charge in [-0.05, 0) is 30.3 Å². The predicted octanol–water partition coefficient (Wildman–Crippen LogP) is 3.89. The first-order chi connectivity index (χ1) is 15.4. The number of aromatic hydroxyl groups is 1. The number of fused-ring (bicyclic) bond motifs is 2. The fourth-order valence-corrected chi connectivity index (χ4v) is 3.90. The molecule has 0 unspecified atom stereocenters. The third-order valence-electron chi connectivity index (χ3n) is 5.18. The lowest BCUT2D eigenvalue weighted by Gasteiger charge is -2.17. The Kier molecular flexibility index (Phi) is 4.45. The summed E-state index contributed by atoms with van der Waals surface area (Å²) in [7, 11) is 1.48. The van der Waals surface area contributed by atoms with Crippen LogP contribution in [0.2, 0.25) is 5.02 Å². The van der Waals surface area contributed by atoms with Gasteiger partial charge in [-0.2, -0.15) is 0 Å². The zero-order chi connectivity index (χ0) is 22.6. The molecule has 8 nitrogen and oxygen atoms in total. The lowest BCUT2D eigenvalue weighted by atomic mass is 10.1. The molecule has 1 aliphatic heterocycles. The van der Waals surface area contributed by atoms with Crippen LogP contribution in [-0.2, 0) is 7.05 Å². The van der Waals surface area contributed by atoms with E-state index in [0.717, 1.165) is 9.58 Å². The number of aryl methyl sites for hydroxylation is 1. The summed E-state index contributed by atoms with van der Waals surface area (Å²) in [5.74, 6) is -1.48. The number of aromatic nitrogens is 2. The first-order valence-corrected chi connectivity index (χ1v) is 9.89. The van der Waals surface area contributed by atoms with Gasteiger partial charge in [0, 0.05) is 13.1 Å². The van der Waals surface area contributed by atoms with Crippen molar-refractivity contribution in [2.24, 2.45) is 7.05 Å². The van der Waals surface area contributed by atoms with Gasteiger partial charge in [0.15, 0.2) is 11.5 Å². The summed E-state index contributed by atoms with van der Waals surface area (Å²) in [5, 5.41) is 15.5. The van der Waals surface area contributed by atoms with E-state index in [9.17, 15) is 19.5 Å². The molecule has 4 aromatic rings. The molecule has 0 radical (unpaired) electrons. The normalized spacial score (nSPS) is 13.0. The molecule has 0 saturated carbocycles. The highest BCUT2D eigenvalue weighted by Crippen LogP contribution is 2.43. The number of carbonyl (C=O) groups is 2. The first-order valence-electron chi connectivity index (χ1n) is 9.51. The lowest BCUT2D eigenvalue weighted by molar-refractivity contribution is 0.0926. The van der Waals surface area contributed by atoms with Gasteiger partial charge >= 0.3 is 0 Å². The SMILES string of the molecule is Cn1nc(Oc2c(O)cc(N3C(=O)c4ccccc4C3=O)cc2Cl)c2ccccc2c1=O. The lowest BCUT2D eigenvalue weighted by Crippen LogP contribution is -2.29. The van der Waals surface area contributed by atoms with Gasteiger partial charge < -0.3 is 9.84 Å². The average Bonchev–Trinajstić information content (AvgIpc) is 3.04. The Morgan fingerprint density at radius 3 is 2.12 bits per heavy atom. The number of carbonyl (C=O) groups excluding carboxylic acids is 2. The maximum Gasteiger partial charge on any atom is 0.274 e. The number of phenols is 1. The fraction of sp³-hybridized carbons (Fsp3) is 0.0435. The summed E-state index contributed by atoms with van der Waals surface area (Å²) < 4.78 is 6.90. The Morgan fingerprint density at radius 2 is 1.50 bits per heavy atom. The first kappa shape index (κ1) is 19.8. The number of nitrogens with zero attached hydrogens (tertiary/aromatic N) is 3. The Hall–Kier alpha value is -4.17. The molecule has 0 bridgehead atoms. The highest BCUT2D eigenvalue weighted by atomic mass is 35.5. The monoisotopic (exact) mass is 447 g/mol. The number of hydrogen-bond donors (Lipinski definition) is 1. The van der Waals surface area contributed by atoms with E-state index < -0.39 is 17.6 Å². The molecule has 0 atom stereocenters. The number of rotatable bonds is 3. The van der Waals surface area contributed by atoms with Gasteiger partial charge in [0.1, 0.15) is 0 Å². The van der Waals surface area contributed by atoms with Crippen LogP contribution in [0.4, 0.5) is 5.69 Å². The van der Waals surface area contributed by atoms with Crippen molar-refractivity contribution >= 4 is 39.9 Å². The van der Waals surface area contributed by atoms with Gasteiger partial charge in [-0.25, -0.2) is 9.58 Å². The van der Waals surface area contributed by atoms with Crippen LogP contribution in [0, 0.1) is 0 Å². The maximum absolute atomic E-state index is 12.7. The minimum Gasteiger partial charge on any atom is -0.504 e. The maximum atomic E-state index is 12.7. The van der Waals surface area contributed by atoms with Crippen molar-refractivity contribution in [1.82, 2.24) is 9.78 Å². The van der Waals surface area contributed by atoms with Gasteiger partial charge in [0.05, 0.1) is 32.6 Å². The van der Waals surface area contributed by atoms with Gasteiger partial charge in [-0.1, -0.05) is 35.9 Å². The summed E-state index contributed by atoms with van der Waals surface area (Å²) in [4.78, 5) is 38.7. The van der Waals surface area contributed by atoms with E-state index in [1.807, 2.05) is 0 Å². The smallest absolute Gasteiger partial charge is 0.274 e. The molecule has 5 rings (SSSR count). The summed E-state index contributed by atoms with van der Waals surface area (Å²) in [6, 6.07) is 15.8. The second-order valence-electron chi connectivity index (χ2n) is 7.15. The molecular formula is C23H14ClN3O5. The standard InChI is InChI=1S/C23H14ClN3O5/c1-26-21(29)14-7-3-2-6-13(14)20(25-26)32-19-17(24)10-12(11-18(19)28)27-22(30)15-8-4-5-9-16(15)23(27)31/h2-11,28H,1H3. The molecule has 9 heteroatoms. The largest absolute Gasteiger partial charge is 0.504 e. The van der Waals surface area contributed by atoms with Gasteiger partial charge in [-0.15, -0.1) is 5.10 Å². The van der Waals surface area contributed by atoms with Crippen LogP contribution < -0.4 is 15.2 Å². The van der Waals surface area contributed by atoms with Gasteiger partial charge in [-0.3, -0.25) is 14.4 Å². The number of halogens is 1. The van der Waals surface area contributed by atoms with E-state index in [-0.39, 0.29) is 39.0 Å². The summed E-state index contributed by atoms with van der Waals surface area (Å²) in [6.45, 7) is 0. The zero-order valence-corrected chi connectivity index (χ0v) is 17.3. The van der Waals surface area contributed by atoms with Crippen molar-refractivity contribution in [3.8, 4) is 17.4 Å². The van der Waals surface area contributed by atoms with Crippen molar-refractivity contribution in [3.63, 3.8) is 0 Å². The molecule has 1 aliphatic rings. The molecule has 3 aromatic carbocycles. The molecule has 0 aliphatic carbocycles.